The smallest absolute Gasteiger partial charge is 0.139 e. The molecule has 0 aliphatic rings. The van der Waals surface area contributed by atoms with Crippen molar-refractivity contribution in [3.05, 3.63) is 192 Å². The highest BCUT2D eigenvalue weighted by molar-refractivity contribution is 6.28. The lowest BCUT2D eigenvalue weighted by molar-refractivity contribution is 0.572. The molecule has 0 atom stereocenters. The quantitative estimate of drug-likeness (QED) is 0.156. The molecule has 0 unspecified atom stereocenters. The second-order valence-electron chi connectivity index (χ2n) is 20.3. The summed E-state index contributed by atoms with van der Waals surface area (Å²) in [7, 11) is 0. The summed E-state index contributed by atoms with van der Waals surface area (Å²) in [5.41, 5.74) is 15.0. The van der Waals surface area contributed by atoms with Gasteiger partial charge in [-0.25, -0.2) is 0 Å². The molecule has 2 aromatic heterocycles. The van der Waals surface area contributed by atoms with Crippen molar-refractivity contribution in [3.8, 4) is 0 Å². The van der Waals surface area contributed by atoms with Gasteiger partial charge in [0.2, 0.25) is 0 Å². The second kappa shape index (κ2) is 14.5. The lowest BCUT2D eigenvalue weighted by atomic mass is 9.86. The number of benzene rings is 10. The molecule has 0 amide bonds. The summed E-state index contributed by atoms with van der Waals surface area (Å²) in [6.07, 6.45) is 0. The summed E-state index contributed by atoms with van der Waals surface area (Å²) < 4.78 is 13.6. The van der Waals surface area contributed by atoms with Gasteiger partial charge in [0.05, 0.1) is 11.4 Å². The third-order valence-corrected chi connectivity index (χ3v) is 13.9. The van der Waals surface area contributed by atoms with Gasteiger partial charge in [0.25, 0.3) is 0 Å². The second-order valence-corrected chi connectivity index (χ2v) is 20.3. The van der Waals surface area contributed by atoms with Crippen LogP contribution < -0.4 is 9.80 Å². The maximum atomic E-state index is 6.82. The fourth-order valence-electron chi connectivity index (χ4n) is 10.6. The first-order valence-electron chi connectivity index (χ1n) is 23.2. The predicted octanol–water partition coefficient (Wildman–Crippen LogP) is 18.5. The Labute approximate surface area is 385 Å². The Morgan fingerprint density at radius 3 is 1.15 bits per heavy atom. The topological polar surface area (TPSA) is 32.8 Å². The van der Waals surface area contributed by atoms with E-state index in [1.54, 1.807) is 0 Å². The first-order chi connectivity index (χ1) is 31.8. The van der Waals surface area contributed by atoms with Crippen molar-refractivity contribution in [3.63, 3.8) is 0 Å². The van der Waals surface area contributed by atoms with Crippen LogP contribution in [0.3, 0.4) is 0 Å². The number of hydrogen-bond acceptors (Lipinski definition) is 4. The van der Waals surface area contributed by atoms with E-state index in [0.717, 1.165) is 78.0 Å². The molecule has 322 valence electrons. The first kappa shape index (κ1) is 40.0. The number of para-hydroxylation sites is 4. The van der Waals surface area contributed by atoms with Crippen molar-refractivity contribution in [2.75, 3.05) is 9.80 Å². The number of furan rings is 2. The van der Waals surface area contributed by atoms with E-state index in [1.807, 2.05) is 0 Å². The van der Waals surface area contributed by atoms with Crippen molar-refractivity contribution in [1.82, 2.24) is 0 Å². The summed E-state index contributed by atoms with van der Waals surface area (Å²) in [6, 6.07) is 62.3. The number of fused-ring (bicyclic) bond motifs is 6. The van der Waals surface area contributed by atoms with E-state index in [0.29, 0.717) is 0 Å². The Bertz CT molecular complexity index is 3630. The maximum absolute atomic E-state index is 6.82. The van der Waals surface area contributed by atoms with Gasteiger partial charge in [-0.15, -0.1) is 0 Å². The zero-order valence-corrected chi connectivity index (χ0v) is 38.9. The van der Waals surface area contributed by atoms with Crippen molar-refractivity contribution >= 4 is 110 Å². The van der Waals surface area contributed by atoms with Crippen LogP contribution in [0.25, 0.3) is 76.2 Å². The minimum atomic E-state index is -0.0550. The van der Waals surface area contributed by atoms with Crippen LogP contribution >= 0.6 is 0 Å². The van der Waals surface area contributed by atoms with Crippen LogP contribution in [-0.4, -0.2) is 0 Å². The van der Waals surface area contributed by atoms with Crippen LogP contribution in [0.4, 0.5) is 34.1 Å². The maximum Gasteiger partial charge on any atom is 0.139 e. The van der Waals surface area contributed by atoms with E-state index in [4.69, 9.17) is 8.83 Å². The third-order valence-electron chi connectivity index (χ3n) is 13.9. The zero-order chi connectivity index (χ0) is 45.2. The highest BCUT2D eigenvalue weighted by Gasteiger charge is 2.26. The standard InChI is InChI=1S/C62H52N2O2/c1-37-15-9-11-21-51(37)63(41-27-31-43-45-17-13-19-49(61(3,4)5)59(45)65-55(43)35-41)53-33-25-39-24-30-48-54(34-26-40-23-29-47(53)57(39)58(40)48)64(52-22-12-10-16-38(52)2)42-28-32-44-46-18-14-20-50(62(6,7)8)60(46)66-56(44)36-42/h9-36H,1-8H3. The minimum Gasteiger partial charge on any atom is -0.456 e. The Balaban J connectivity index is 1.08. The van der Waals surface area contributed by atoms with Crippen LogP contribution in [0.15, 0.2) is 179 Å². The molecular formula is C62H52N2O2. The van der Waals surface area contributed by atoms with Gasteiger partial charge in [-0.2, -0.15) is 0 Å². The van der Waals surface area contributed by atoms with Gasteiger partial charge >= 0.3 is 0 Å². The van der Waals surface area contributed by atoms with Crippen LogP contribution in [-0.2, 0) is 10.8 Å². The summed E-state index contributed by atoms with van der Waals surface area (Å²) >= 11 is 0. The monoisotopic (exact) mass is 856 g/mol. The molecule has 0 bridgehead atoms. The van der Waals surface area contributed by atoms with E-state index in [1.165, 1.54) is 54.6 Å². The number of anilines is 6. The highest BCUT2D eigenvalue weighted by atomic mass is 16.3. The number of rotatable bonds is 6. The van der Waals surface area contributed by atoms with E-state index in [2.05, 4.69) is 235 Å². The van der Waals surface area contributed by atoms with E-state index >= 15 is 0 Å². The Morgan fingerprint density at radius 1 is 0.348 bits per heavy atom. The Morgan fingerprint density at radius 2 is 0.742 bits per heavy atom. The van der Waals surface area contributed by atoms with Crippen LogP contribution in [0.1, 0.15) is 63.8 Å². The van der Waals surface area contributed by atoms with Gasteiger partial charge < -0.3 is 18.6 Å². The lowest BCUT2D eigenvalue weighted by Gasteiger charge is -2.30. The van der Waals surface area contributed by atoms with Gasteiger partial charge in [-0.05, 0) is 106 Å². The molecule has 12 aromatic rings. The molecule has 4 heteroatoms. The number of nitrogens with zero attached hydrogens (tertiary/aromatic N) is 2. The number of aryl methyl sites for hydroxylation is 2. The zero-order valence-electron chi connectivity index (χ0n) is 38.9. The highest BCUT2D eigenvalue weighted by Crippen LogP contribution is 2.50. The molecule has 0 saturated heterocycles. The Kier molecular flexibility index (Phi) is 8.77. The average Bonchev–Trinajstić information content (AvgIpc) is 3.87. The molecule has 10 aromatic carbocycles. The summed E-state index contributed by atoms with van der Waals surface area (Å²) in [5.74, 6) is 0. The van der Waals surface area contributed by atoms with E-state index < -0.39 is 0 Å². The van der Waals surface area contributed by atoms with Crippen molar-refractivity contribution in [2.24, 2.45) is 0 Å². The summed E-state index contributed by atoms with van der Waals surface area (Å²) in [6.45, 7) is 17.9. The molecule has 0 spiro atoms. The largest absolute Gasteiger partial charge is 0.456 e. The van der Waals surface area contributed by atoms with Crippen molar-refractivity contribution in [2.45, 2.75) is 66.2 Å². The molecule has 4 nitrogen and oxygen atoms in total. The fraction of sp³-hybridized carbons (Fsp3) is 0.161. The van der Waals surface area contributed by atoms with E-state index in [-0.39, 0.29) is 10.8 Å². The molecule has 12 rings (SSSR count). The van der Waals surface area contributed by atoms with Crippen LogP contribution in [0, 0.1) is 13.8 Å². The average molecular weight is 857 g/mol. The van der Waals surface area contributed by atoms with Crippen LogP contribution in [0.2, 0.25) is 0 Å². The summed E-state index contributed by atoms with van der Waals surface area (Å²) in [5, 5.41) is 11.8. The van der Waals surface area contributed by atoms with Gasteiger partial charge in [-0.1, -0.05) is 151 Å². The molecule has 0 saturated carbocycles. The first-order valence-corrected chi connectivity index (χ1v) is 23.2. The molecular weight excluding hydrogens is 805 g/mol. The molecule has 0 aliphatic heterocycles. The molecule has 0 fully saturated rings. The molecule has 2 heterocycles. The molecule has 0 aliphatic carbocycles. The predicted molar refractivity (Wildman–Crippen MR) is 281 cm³/mol. The van der Waals surface area contributed by atoms with Gasteiger partial charge in [0.15, 0.2) is 0 Å². The molecule has 66 heavy (non-hydrogen) atoms. The fourth-order valence-corrected chi connectivity index (χ4v) is 10.6. The van der Waals surface area contributed by atoms with Crippen molar-refractivity contribution in [1.29, 1.82) is 0 Å². The summed E-state index contributed by atoms with van der Waals surface area (Å²) in [4.78, 5) is 4.85. The van der Waals surface area contributed by atoms with Gasteiger partial charge in [-0.3, -0.25) is 0 Å². The Hall–Kier alpha value is -7.56. The molecule has 0 N–H and O–H groups in total. The van der Waals surface area contributed by atoms with Gasteiger partial charge in [0, 0.05) is 78.3 Å². The van der Waals surface area contributed by atoms with Gasteiger partial charge in [0.1, 0.15) is 22.3 Å². The number of hydrogen-bond donors (Lipinski definition) is 0. The van der Waals surface area contributed by atoms with Crippen molar-refractivity contribution < 1.29 is 8.83 Å². The third kappa shape index (κ3) is 6.11. The minimum absolute atomic E-state index is 0.0550. The van der Waals surface area contributed by atoms with Crippen LogP contribution in [0.5, 0.6) is 0 Å². The van der Waals surface area contributed by atoms with E-state index in [9.17, 15) is 0 Å². The SMILES string of the molecule is Cc1ccccc1N(c1ccc2c(c1)oc1c(C(C)(C)C)cccc12)c1ccc2ccc3c(N(c4ccc5c(c4)oc4c(C(C)(C)C)cccc45)c4ccccc4C)ccc4ccc1c2c43. The lowest BCUT2D eigenvalue weighted by Crippen LogP contribution is -2.12. The molecule has 0 radical (unpaired) electrons. The normalized spacial score (nSPS) is 12.5.